The molecular formula is C18H11N5. The van der Waals surface area contributed by atoms with Gasteiger partial charge in [-0.3, -0.25) is 4.57 Å². The first kappa shape index (κ1) is 13.2. The summed E-state index contributed by atoms with van der Waals surface area (Å²) in [5.74, 6) is 0. The molecule has 4 aromatic rings. The molecule has 0 aliphatic rings. The van der Waals surface area contributed by atoms with E-state index in [1.165, 1.54) is 6.33 Å². The smallest absolute Gasteiger partial charge is 0.168 e. The van der Waals surface area contributed by atoms with E-state index in [1.54, 1.807) is 12.4 Å². The van der Waals surface area contributed by atoms with E-state index in [9.17, 15) is 5.26 Å². The van der Waals surface area contributed by atoms with Crippen LogP contribution >= 0.6 is 0 Å². The van der Waals surface area contributed by atoms with Gasteiger partial charge in [0.15, 0.2) is 5.65 Å². The number of imidazole rings is 1. The minimum atomic E-state index is 0.571. The Morgan fingerprint density at radius 1 is 0.870 bits per heavy atom. The van der Waals surface area contributed by atoms with Gasteiger partial charge in [0.2, 0.25) is 0 Å². The SMILES string of the molecule is N#Cc1ccccc1-c1ncnc2c1ncn2-c1ccccc1. The highest BCUT2D eigenvalue weighted by Crippen LogP contribution is 2.27. The first-order valence-electron chi connectivity index (χ1n) is 7.11. The molecule has 2 aromatic carbocycles. The molecule has 0 spiro atoms. The van der Waals surface area contributed by atoms with E-state index >= 15 is 0 Å². The second-order valence-electron chi connectivity index (χ2n) is 5.00. The van der Waals surface area contributed by atoms with Crippen molar-refractivity contribution in [1.82, 2.24) is 19.5 Å². The molecule has 0 fully saturated rings. The molecule has 0 unspecified atom stereocenters. The van der Waals surface area contributed by atoms with Gasteiger partial charge in [-0.25, -0.2) is 15.0 Å². The molecule has 0 saturated carbocycles. The lowest BCUT2D eigenvalue weighted by Gasteiger charge is -2.05. The van der Waals surface area contributed by atoms with E-state index in [0.29, 0.717) is 22.4 Å². The number of benzene rings is 2. The Kier molecular flexibility index (Phi) is 3.06. The maximum atomic E-state index is 9.32. The molecule has 0 N–H and O–H groups in total. The maximum Gasteiger partial charge on any atom is 0.168 e. The Labute approximate surface area is 132 Å². The van der Waals surface area contributed by atoms with Crippen LogP contribution in [0.2, 0.25) is 0 Å². The van der Waals surface area contributed by atoms with Crippen LogP contribution in [0.5, 0.6) is 0 Å². The van der Waals surface area contributed by atoms with Crippen molar-refractivity contribution in [2.24, 2.45) is 0 Å². The minimum absolute atomic E-state index is 0.571. The van der Waals surface area contributed by atoms with Gasteiger partial charge in [0.1, 0.15) is 23.9 Å². The summed E-state index contributed by atoms with van der Waals surface area (Å²) in [7, 11) is 0. The predicted molar refractivity (Wildman–Crippen MR) is 86.8 cm³/mol. The van der Waals surface area contributed by atoms with E-state index in [2.05, 4.69) is 21.0 Å². The fraction of sp³-hybridized carbons (Fsp3) is 0. The van der Waals surface area contributed by atoms with Gasteiger partial charge < -0.3 is 0 Å². The molecule has 4 rings (SSSR count). The molecule has 0 saturated heterocycles. The Morgan fingerprint density at radius 2 is 1.65 bits per heavy atom. The molecule has 0 aliphatic carbocycles. The van der Waals surface area contributed by atoms with Crippen molar-refractivity contribution in [2.45, 2.75) is 0 Å². The number of nitriles is 1. The van der Waals surface area contributed by atoms with Crippen molar-refractivity contribution in [1.29, 1.82) is 5.26 Å². The summed E-state index contributed by atoms with van der Waals surface area (Å²) < 4.78 is 1.91. The first-order valence-corrected chi connectivity index (χ1v) is 7.11. The fourth-order valence-corrected chi connectivity index (χ4v) is 2.60. The third-order valence-corrected chi connectivity index (χ3v) is 3.67. The van der Waals surface area contributed by atoms with E-state index in [4.69, 9.17) is 0 Å². The molecule has 0 amide bonds. The van der Waals surface area contributed by atoms with Crippen molar-refractivity contribution in [3.05, 3.63) is 72.8 Å². The number of rotatable bonds is 2. The highest BCUT2D eigenvalue weighted by molar-refractivity contribution is 5.89. The minimum Gasteiger partial charge on any atom is -0.283 e. The zero-order valence-corrected chi connectivity index (χ0v) is 12.1. The normalized spacial score (nSPS) is 10.6. The van der Waals surface area contributed by atoms with Gasteiger partial charge in [0.25, 0.3) is 0 Å². The average molecular weight is 297 g/mol. The first-order chi connectivity index (χ1) is 11.4. The van der Waals surface area contributed by atoms with Crippen molar-refractivity contribution in [3.8, 4) is 23.0 Å². The molecule has 2 aromatic heterocycles. The largest absolute Gasteiger partial charge is 0.283 e. The lowest BCUT2D eigenvalue weighted by molar-refractivity contribution is 1.06. The molecular weight excluding hydrogens is 286 g/mol. The van der Waals surface area contributed by atoms with Crippen LogP contribution in [0.15, 0.2) is 67.3 Å². The summed E-state index contributed by atoms with van der Waals surface area (Å²) in [6, 6.07) is 19.5. The van der Waals surface area contributed by atoms with Crippen molar-refractivity contribution < 1.29 is 0 Å². The number of para-hydroxylation sites is 1. The Morgan fingerprint density at radius 3 is 2.48 bits per heavy atom. The number of hydrogen-bond donors (Lipinski definition) is 0. The number of nitrogens with zero attached hydrogens (tertiary/aromatic N) is 5. The molecule has 2 heterocycles. The lowest BCUT2D eigenvalue weighted by atomic mass is 10.0. The van der Waals surface area contributed by atoms with Crippen LogP contribution in [0.3, 0.4) is 0 Å². The van der Waals surface area contributed by atoms with Gasteiger partial charge in [-0.05, 0) is 18.2 Å². The zero-order chi connectivity index (χ0) is 15.6. The molecule has 5 nitrogen and oxygen atoms in total. The summed E-state index contributed by atoms with van der Waals surface area (Å²) in [5, 5.41) is 9.32. The molecule has 5 heteroatoms. The highest BCUT2D eigenvalue weighted by atomic mass is 15.1. The summed E-state index contributed by atoms with van der Waals surface area (Å²) >= 11 is 0. The van der Waals surface area contributed by atoms with Crippen LogP contribution in [-0.2, 0) is 0 Å². The number of hydrogen-bond acceptors (Lipinski definition) is 4. The van der Waals surface area contributed by atoms with E-state index < -0.39 is 0 Å². The molecule has 0 aliphatic heterocycles. The highest BCUT2D eigenvalue weighted by Gasteiger charge is 2.14. The number of aromatic nitrogens is 4. The van der Waals surface area contributed by atoms with Gasteiger partial charge in [-0.1, -0.05) is 36.4 Å². The monoisotopic (exact) mass is 297 g/mol. The Hall–Kier alpha value is -3.52. The zero-order valence-electron chi connectivity index (χ0n) is 12.1. The molecule has 0 atom stereocenters. The van der Waals surface area contributed by atoms with Crippen molar-refractivity contribution >= 4 is 11.2 Å². The summed E-state index contributed by atoms with van der Waals surface area (Å²) in [5.41, 5.74) is 4.38. The maximum absolute atomic E-state index is 9.32. The van der Waals surface area contributed by atoms with Gasteiger partial charge in [-0.2, -0.15) is 5.26 Å². The van der Waals surface area contributed by atoms with Crippen molar-refractivity contribution in [2.75, 3.05) is 0 Å². The molecule has 0 bridgehead atoms. The van der Waals surface area contributed by atoms with E-state index in [1.807, 2.05) is 53.1 Å². The second kappa shape index (κ2) is 5.35. The van der Waals surface area contributed by atoms with Crippen LogP contribution in [0.25, 0.3) is 28.1 Å². The summed E-state index contributed by atoms with van der Waals surface area (Å²) in [4.78, 5) is 13.2. The van der Waals surface area contributed by atoms with Gasteiger partial charge in [0, 0.05) is 11.3 Å². The van der Waals surface area contributed by atoms with Gasteiger partial charge in [0.05, 0.1) is 11.6 Å². The Balaban J connectivity index is 1.98. The number of fused-ring (bicyclic) bond motifs is 1. The van der Waals surface area contributed by atoms with Crippen LogP contribution < -0.4 is 0 Å². The third-order valence-electron chi connectivity index (χ3n) is 3.67. The molecule has 0 radical (unpaired) electrons. The average Bonchev–Trinajstić information content (AvgIpc) is 3.06. The molecule has 108 valence electrons. The van der Waals surface area contributed by atoms with Gasteiger partial charge in [-0.15, -0.1) is 0 Å². The topological polar surface area (TPSA) is 67.4 Å². The van der Waals surface area contributed by atoms with Crippen molar-refractivity contribution in [3.63, 3.8) is 0 Å². The van der Waals surface area contributed by atoms with E-state index in [-0.39, 0.29) is 0 Å². The summed E-state index contributed by atoms with van der Waals surface area (Å²) in [6.07, 6.45) is 3.24. The molecule has 23 heavy (non-hydrogen) atoms. The fourth-order valence-electron chi connectivity index (χ4n) is 2.60. The quantitative estimate of drug-likeness (QED) is 0.569. The van der Waals surface area contributed by atoms with Crippen LogP contribution in [-0.4, -0.2) is 19.5 Å². The standard InChI is InChI=1S/C18H11N5/c19-10-13-6-4-5-9-15(13)16-17-18(21-11-20-16)23(12-22-17)14-7-2-1-3-8-14/h1-9,11-12H. The Bertz CT molecular complexity index is 1030. The predicted octanol–water partition coefficient (Wildman–Crippen LogP) is 3.35. The van der Waals surface area contributed by atoms with Crippen LogP contribution in [0, 0.1) is 11.3 Å². The van der Waals surface area contributed by atoms with E-state index in [0.717, 1.165) is 11.3 Å². The second-order valence-corrected chi connectivity index (χ2v) is 5.00. The lowest BCUT2D eigenvalue weighted by Crippen LogP contribution is -1.95. The van der Waals surface area contributed by atoms with Crippen LogP contribution in [0.1, 0.15) is 5.56 Å². The van der Waals surface area contributed by atoms with Crippen LogP contribution in [0.4, 0.5) is 0 Å². The third kappa shape index (κ3) is 2.14. The summed E-state index contributed by atoms with van der Waals surface area (Å²) in [6.45, 7) is 0. The van der Waals surface area contributed by atoms with Gasteiger partial charge >= 0.3 is 0 Å².